The summed E-state index contributed by atoms with van der Waals surface area (Å²) in [4.78, 5) is 0. The van der Waals surface area contributed by atoms with E-state index in [1.54, 1.807) is 0 Å². The molecule has 0 atom stereocenters. The molecule has 1 aromatic heterocycles. The molecule has 3 nitrogen and oxygen atoms in total. The lowest BCUT2D eigenvalue weighted by molar-refractivity contribution is 0.294. The molecule has 0 unspecified atom stereocenters. The Morgan fingerprint density at radius 3 is 2.74 bits per heavy atom. The minimum absolute atomic E-state index is 0.437. The van der Waals surface area contributed by atoms with Crippen LogP contribution in [0.1, 0.15) is 23.9 Å². The predicted molar refractivity (Wildman–Crippen MR) is 80.8 cm³/mol. The quantitative estimate of drug-likeness (QED) is 0.828. The average Bonchev–Trinajstić information content (AvgIpc) is 2.64. The lowest BCUT2D eigenvalue weighted by Crippen LogP contribution is -2.04. The second-order valence-electron chi connectivity index (χ2n) is 4.41. The van der Waals surface area contributed by atoms with E-state index in [1.165, 1.54) is 0 Å². The highest BCUT2D eigenvalue weighted by Crippen LogP contribution is 2.28. The van der Waals surface area contributed by atoms with Gasteiger partial charge >= 0.3 is 0 Å². The fraction of sp³-hybridized carbons (Fsp3) is 0.357. The Hall–Kier alpha value is -1.000. The van der Waals surface area contributed by atoms with E-state index < -0.39 is 0 Å². The first-order valence-electron chi connectivity index (χ1n) is 6.12. The number of ether oxygens (including phenoxy) is 1. The van der Waals surface area contributed by atoms with E-state index in [-0.39, 0.29) is 0 Å². The number of nitrogens with zero attached hydrogens (tertiary/aromatic N) is 2. The molecule has 0 radical (unpaired) electrons. The van der Waals surface area contributed by atoms with Crippen LogP contribution < -0.4 is 4.74 Å². The van der Waals surface area contributed by atoms with Gasteiger partial charge in [-0.25, -0.2) is 0 Å². The molecule has 0 fully saturated rings. The van der Waals surface area contributed by atoms with Gasteiger partial charge in [0.1, 0.15) is 12.4 Å². The second-order valence-corrected chi connectivity index (χ2v) is 5.61. The summed E-state index contributed by atoms with van der Waals surface area (Å²) in [5.74, 6) is 0.693. The van der Waals surface area contributed by atoms with E-state index in [0.29, 0.717) is 17.4 Å². The summed E-state index contributed by atoms with van der Waals surface area (Å²) < 4.78 is 8.63. The van der Waals surface area contributed by atoms with Crippen LogP contribution in [-0.4, -0.2) is 9.78 Å². The van der Waals surface area contributed by atoms with Crippen molar-refractivity contribution in [3.63, 3.8) is 0 Å². The summed E-state index contributed by atoms with van der Waals surface area (Å²) >= 11 is 9.72. The van der Waals surface area contributed by atoms with Gasteiger partial charge in [-0.05, 0) is 47.0 Å². The normalized spacial score (nSPS) is 10.8. The van der Waals surface area contributed by atoms with Crippen molar-refractivity contribution in [3.8, 4) is 5.75 Å². The van der Waals surface area contributed by atoms with Crippen LogP contribution in [0.4, 0.5) is 0 Å². The number of hydrogen-bond donors (Lipinski definition) is 0. The molecule has 0 aliphatic rings. The fourth-order valence-electron chi connectivity index (χ4n) is 1.85. The zero-order chi connectivity index (χ0) is 14.0. The molecule has 0 saturated heterocycles. The number of hydrogen-bond acceptors (Lipinski definition) is 2. The van der Waals surface area contributed by atoms with E-state index in [1.807, 2.05) is 36.9 Å². The lowest BCUT2D eigenvalue weighted by Gasteiger charge is -2.09. The van der Waals surface area contributed by atoms with Crippen LogP contribution in [0.25, 0.3) is 0 Å². The zero-order valence-corrected chi connectivity index (χ0v) is 13.5. The summed E-state index contributed by atoms with van der Waals surface area (Å²) in [5.41, 5.74) is 3.16. The molecule has 0 spiro atoms. The Bertz CT molecular complexity index is 595. The molecule has 0 amide bonds. The van der Waals surface area contributed by atoms with Crippen LogP contribution >= 0.6 is 27.5 Å². The molecule has 0 aliphatic heterocycles. The number of rotatable bonds is 4. The summed E-state index contributed by atoms with van der Waals surface area (Å²) in [6, 6.07) is 5.77. The van der Waals surface area contributed by atoms with E-state index >= 15 is 0 Å². The maximum absolute atomic E-state index is 6.15. The first-order valence-corrected chi connectivity index (χ1v) is 7.29. The summed E-state index contributed by atoms with van der Waals surface area (Å²) in [7, 11) is 1.92. The highest BCUT2D eigenvalue weighted by Gasteiger charge is 2.13. The Morgan fingerprint density at radius 1 is 1.42 bits per heavy atom. The molecule has 0 bridgehead atoms. The molecule has 0 saturated carbocycles. The molecule has 0 aliphatic carbocycles. The van der Waals surface area contributed by atoms with Crippen LogP contribution in [0.5, 0.6) is 5.75 Å². The monoisotopic (exact) mass is 342 g/mol. The maximum atomic E-state index is 6.15. The van der Waals surface area contributed by atoms with E-state index in [9.17, 15) is 0 Å². The van der Waals surface area contributed by atoms with Gasteiger partial charge < -0.3 is 4.74 Å². The Morgan fingerprint density at radius 2 is 2.16 bits per heavy atom. The van der Waals surface area contributed by atoms with Crippen molar-refractivity contribution < 1.29 is 4.74 Å². The van der Waals surface area contributed by atoms with E-state index in [2.05, 4.69) is 28.0 Å². The molecule has 0 N–H and O–H groups in total. The third kappa shape index (κ3) is 3.12. The molecular formula is C14H16BrClN2O. The van der Waals surface area contributed by atoms with Gasteiger partial charge in [0.25, 0.3) is 0 Å². The van der Waals surface area contributed by atoms with Gasteiger partial charge in [-0.15, -0.1) is 0 Å². The number of benzene rings is 1. The van der Waals surface area contributed by atoms with Crippen molar-refractivity contribution in [3.05, 3.63) is 44.6 Å². The van der Waals surface area contributed by atoms with Gasteiger partial charge in [0.2, 0.25) is 0 Å². The standard InChI is InChI=1S/C14H16BrClN2O/c1-4-11-14(15)12(18(3)17-11)8-19-13-6-5-9(2)7-10(13)16/h5-7H,4,8H2,1-3H3. The van der Waals surface area contributed by atoms with Gasteiger partial charge in [-0.3, -0.25) is 4.68 Å². The largest absolute Gasteiger partial charge is 0.486 e. The highest BCUT2D eigenvalue weighted by molar-refractivity contribution is 9.10. The maximum Gasteiger partial charge on any atom is 0.138 e. The van der Waals surface area contributed by atoms with Gasteiger partial charge in [0.05, 0.1) is 20.9 Å². The van der Waals surface area contributed by atoms with Crippen LogP contribution in [0.2, 0.25) is 5.02 Å². The minimum atomic E-state index is 0.437. The molecule has 1 heterocycles. The predicted octanol–water partition coefficient (Wildman–Crippen LogP) is 4.29. The summed E-state index contributed by atoms with van der Waals surface area (Å²) in [6.07, 6.45) is 0.889. The third-order valence-electron chi connectivity index (χ3n) is 2.95. The van der Waals surface area contributed by atoms with Gasteiger partial charge in [0.15, 0.2) is 0 Å². The van der Waals surface area contributed by atoms with Gasteiger partial charge in [-0.1, -0.05) is 24.6 Å². The van der Waals surface area contributed by atoms with Crippen LogP contribution in [0, 0.1) is 6.92 Å². The van der Waals surface area contributed by atoms with Crippen molar-refractivity contribution in [1.29, 1.82) is 0 Å². The molecule has 19 heavy (non-hydrogen) atoms. The van der Waals surface area contributed by atoms with E-state index in [4.69, 9.17) is 16.3 Å². The number of aromatic nitrogens is 2. The lowest BCUT2D eigenvalue weighted by atomic mass is 10.2. The molecule has 2 rings (SSSR count). The van der Waals surface area contributed by atoms with Gasteiger partial charge in [0, 0.05) is 7.05 Å². The average molecular weight is 344 g/mol. The Labute approximate surface area is 126 Å². The number of aryl methyl sites for hydroxylation is 3. The second kappa shape index (κ2) is 5.97. The zero-order valence-electron chi connectivity index (χ0n) is 11.2. The molecule has 102 valence electrons. The van der Waals surface area contributed by atoms with Crippen molar-refractivity contribution >= 4 is 27.5 Å². The molecule has 1 aromatic carbocycles. The topological polar surface area (TPSA) is 27.1 Å². The van der Waals surface area contributed by atoms with E-state index in [0.717, 1.165) is 27.8 Å². The van der Waals surface area contributed by atoms with Crippen molar-refractivity contribution in [2.24, 2.45) is 7.05 Å². The van der Waals surface area contributed by atoms with Crippen molar-refractivity contribution in [2.45, 2.75) is 26.9 Å². The first kappa shape index (κ1) is 14.4. The molecule has 2 aromatic rings. The fourth-order valence-corrected chi connectivity index (χ4v) is 2.87. The highest BCUT2D eigenvalue weighted by atomic mass is 79.9. The van der Waals surface area contributed by atoms with Crippen molar-refractivity contribution in [2.75, 3.05) is 0 Å². The minimum Gasteiger partial charge on any atom is -0.486 e. The smallest absolute Gasteiger partial charge is 0.138 e. The summed E-state index contributed by atoms with van der Waals surface area (Å²) in [6.45, 7) is 4.52. The summed E-state index contributed by atoms with van der Waals surface area (Å²) in [5, 5.41) is 5.07. The van der Waals surface area contributed by atoms with Gasteiger partial charge in [-0.2, -0.15) is 5.10 Å². The molecule has 5 heteroatoms. The molecular weight excluding hydrogens is 328 g/mol. The van der Waals surface area contributed by atoms with Crippen LogP contribution in [0.15, 0.2) is 22.7 Å². The van der Waals surface area contributed by atoms with Crippen LogP contribution in [-0.2, 0) is 20.1 Å². The third-order valence-corrected chi connectivity index (χ3v) is 4.17. The Kier molecular flexibility index (Phi) is 4.53. The van der Waals surface area contributed by atoms with Crippen LogP contribution in [0.3, 0.4) is 0 Å². The Balaban J connectivity index is 2.16. The SMILES string of the molecule is CCc1nn(C)c(COc2ccc(C)cc2Cl)c1Br. The van der Waals surface area contributed by atoms with Crippen molar-refractivity contribution in [1.82, 2.24) is 9.78 Å². The number of halogens is 2. The first-order chi connectivity index (χ1) is 9.02.